The fourth-order valence-corrected chi connectivity index (χ4v) is 1.56. The van der Waals surface area contributed by atoms with Gasteiger partial charge in [-0.1, -0.05) is 42.8 Å². The first kappa shape index (κ1) is 12.0. The van der Waals surface area contributed by atoms with Crippen molar-refractivity contribution in [2.24, 2.45) is 0 Å². The maximum atomic E-state index is 3.35. The lowest BCUT2D eigenvalue weighted by Crippen LogP contribution is -2.13. The summed E-state index contributed by atoms with van der Waals surface area (Å²) in [6.45, 7) is 8.52. The van der Waals surface area contributed by atoms with E-state index in [9.17, 15) is 0 Å². The zero-order valence-corrected chi connectivity index (χ0v) is 10.0. The molecule has 0 aromatic heterocycles. The minimum Gasteiger partial charge on any atom is -0.313 e. The summed E-state index contributed by atoms with van der Waals surface area (Å²) in [7, 11) is 0. The molecular weight excluding hydrogens is 182 g/mol. The minimum absolute atomic E-state index is 0.959. The molecule has 1 heteroatoms. The van der Waals surface area contributed by atoms with E-state index < -0.39 is 0 Å². The number of rotatable bonds is 5. The van der Waals surface area contributed by atoms with Gasteiger partial charge in [-0.15, -0.1) is 0 Å². The van der Waals surface area contributed by atoms with Gasteiger partial charge in [0.05, 0.1) is 0 Å². The summed E-state index contributed by atoms with van der Waals surface area (Å²) < 4.78 is 0. The standard InChI is InChI=1S/C14H21N/c1-4-9-15-10-5-6-14-8-7-12(2)11-13(14)3/h5-8,11,15H,4,9-10H2,1-3H3. The predicted octanol–water partition coefficient (Wildman–Crippen LogP) is 3.32. The maximum Gasteiger partial charge on any atom is 0.0138 e. The maximum absolute atomic E-state index is 3.35. The molecule has 0 unspecified atom stereocenters. The zero-order chi connectivity index (χ0) is 11.1. The van der Waals surface area contributed by atoms with Crippen molar-refractivity contribution in [2.45, 2.75) is 27.2 Å². The van der Waals surface area contributed by atoms with Crippen LogP contribution < -0.4 is 5.32 Å². The lowest BCUT2D eigenvalue weighted by Gasteiger charge is -2.02. The Bertz CT molecular complexity index is 326. The quantitative estimate of drug-likeness (QED) is 0.724. The Kier molecular flexibility index (Phi) is 5.13. The van der Waals surface area contributed by atoms with Crippen molar-refractivity contribution in [1.29, 1.82) is 0 Å². The van der Waals surface area contributed by atoms with Crippen LogP contribution >= 0.6 is 0 Å². The minimum atomic E-state index is 0.959. The van der Waals surface area contributed by atoms with Crippen LogP contribution in [-0.4, -0.2) is 13.1 Å². The van der Waals surface area contributed by atoms with Gasteiger partial charge in [0, 0.05) is 6.54 Å². The number of hydrogen-bond acceptors (Lipinski definition) is 1. The molecule has 0 heterocycles. The first-order chi connectivity index (χ1) is 7.24. The van der Waals surface area contributed by atoms with Gasteiger partial charge in [-0.3, -0.25) is 0 Å². The highest BCUT2D eigenvalue weighted by molar-refractivity contribution is 5.54. The molecule has 1 aromatic carbocycles. The molecule has 0 saturated heterocycles. The van der Waals surface area contributed by atoms with Crippen LogP contribution in [0.25, 0.3) is 6.08 Å². The molecule has 0 aliphatic heterocycles. The van der Waals surface area contributed by atoms with Gasteiger partial charge in [-0.2, -0.15) is 0 Å². The van der Waals surface area contributed by atoms with E-state index in [4.69, 9.17) is 0 Å². The molecule has 0 spiro atoms. The summed E-state index contributed by atoms with van der Waals surface area (Å²) in [6, 6.07) is 6.56. The third-order valence-corrected chi connectivity index (χ3v) is 2.41. The van der Waals surface area contributed by atoms with Crippen LogP contribution in [0.15, 0.2) is 24.3 Å². The average Bonchev–Trinajstić information content (AvgIpc) is 2.20. The summed E-state index contributed by atoms with van der Waals surface area (Å²) in [4.78, 5) is 0. The third kappa shape index (κ3) is 4.30. The van der Waals surface area contributed by atoms with Crippen LogP contribution in [0.2, 0.25) is 0 Å². The van der Waals surface area contributed by atoms with E-state index in [0.29, 0.717) is 0 Å². The van der Waals surface area contributed by atoms with Crippen molar-refractivity contribution in [2.75, 3.05) is 13.1 Å². The smallest absolute Gasteiger partial charge is 0.0138 e. The van der Waals surface area contributed by atoms with Crippen LogP contribution in [0.5, 0.6) is 0 Å². The molecule has 1 aromatic rings. The SMILES string of the molecule is CCCNCC=Cc1ccc(C)cc1C. The van der Waals surface area contributed by atoms with E-state index in [2.05, 4.69) is 56.4 Å². The van der Waals surface area contributed by atoms with Crippen molar-refractivity contribution in [3.8, 4) is 0 Å². The van der Waals surface area contributed by atoms with Crippen molar-refractivity contribution >= 4 is 6.08 Å². The Morgan fingerprint density at radius 1 is 1.27 bits per heavy atom. The summed E-state index contributed by atoms with van der Waals surface area (Å²) in [5.74, 6) is 0. The molecule has 0 amide bonds. The number of aryl methyl sites for hydroxylation is 2. The van der Waals surface area contributed by atoms with E-state index in [1.54, 1.807) is 0 Å². The first-order valence-electron chi connectivity index (χ1n) is 5.68. The molecule has 82 valence electrons. The molecule has 0 aliphatic carbocycles. The van der Waals surface area contributed by atoms with Crippen LogP contribution in [0, 0.1) is 13.8 Å². The summed E-state index contributed by atoms with van der Waals surface area (Å²) in [5.41, 5.74) is 3.99. The van der Waals surface area contributed by atoms with Gasteiger partial charge >= 0.3 is 0 Å². The molecule has 0 atom stereocenters. The normalized spacial score (nSPS) is 11.1. The molecule has 1 nitrogen and oxygen atoms in total. The monoisotopic (exact) mass is 203 g/mol. The van der Waals surface area contributed by atoms with Gasteiger partial charge in [0.25, 0.3) is 0 Å². The van der Waals surface area contributed by atoms with Crippen LogP contribution in [-0.2, 0) is 0 Å². The highest BCUT2D eigenvalue weighted by Crippen LogP contribution is 2.11. The number of benzene rings is 1. The van der Waals surface area contributed by atoms with E-state index in [0.717, 1.165) is 13.1 Å². The molecular formula is C14H21N. The summed E-state index contributed by atoms with van der Waals surface area (Å²) in [5, 5.41) is 3.35. The van der Waals surface area contributed by atoms with Gasteiger partial charge in [-0.05, 0) is 37.9 Å². The van der Waals surface area contributed by atoms with Gasteiger partial charge in [-0.25, -0.2) is 0 Å². The third-order valence-electron chi connectivity index (χ3n) is 2.41. The second kappa shape index (κ2) is 6.41. The molecule has 0 radical (unpaired) electrons. The topological polar surface area (TPSA) is 12.0 Å². The van der Waals surface area contributed by atoms with Crippen molar-refractivity contribution in [3.05, 3.63) is 41.0 Å². The van der Waals surface area contributed by atoms with Crippen LogP contribution in [0.3, 0.4) is 0 Å². The summed E-state index contributed by atoms with van der Waals surface area (Å²) >= 11 is 0. The van der Waals surface area contributed by atoms with E-state index >= 15 is 0 Å². The molecule has 0 bridgehead atoms. The molecule has 0 saturated carbocycles. The zero-order valence-electron chi connectivity index (χ0n) is 10.0. The van der Waals surface area contributed by atoms with Gasteiger partial charge in [0.1, 0.15) is 0 Å². The Morgan fingerprint density at radius 2 is 2.07 bits per heavy atom. The molecule has 0 fully saturated rings. The van der Waals surface area contributed by atoms with Gasteiger partial charge in [0.15, 0.2) is 0 Å². The van der Waals surface area contributed by atoms with E-state index in [-0.39, 0.29) is 0 Å². The summed E-state index contributed by atoms with van der Waals surface area (Å²) in [6.07, 6.45) is 5.57. The highest BCUT2D eigenvalue weighted by Gasteiger charge is 1.93. The fourth-order valence-electron chi connectivity index (χ4n) is 1.56. The lowest BCUT2D eigenvalue weighted by atomic mass is 10.1. The fraction of sp³-hybridized carbons (Fsp3) is 0.429. The predicted molar refractivity (Wildman–Crippen MR) is 68.1 cm³/mol. The Balaban J connectivity index is 2.49. The number of nitrogens with one attached hydrogen (secondary N) is 1. The Hall–Kier alpha value is -1.08. The molecule has 15 heavy (non-hydrogen) atoms. The van der Waals surface area contributed by atoms with Crippen molar-refractivity contribution in [3.63, 3.8) is 0 Å². The van der Waals surface area contributed by atoms with Crippen LogP contribution in [0.1, 0.15) is 30.0 Å². The van der Waals surface area contributed by atoms with Gasteiger partial charge < -0.3 is 5.32 Å². The average molecular weight is 203 g/mol. The van der Waals surface area contributed by atoms with Crippen LogP contribution in [0.4, 0.5) is 0 Å². The first-order valence-corrected chi connectivity index (χ1v) is 5.68. The molecule has 1 rings (SSSR count). The molecule has 0 aliphatic rings. The van der Waals surface area contributed by atoms with Crippen molar-refractivity contribution < 1.29 is 0 Å². The second-order valence-electron chi connectivity index (χ2n) is 3.97. The molecule has 1 N–H and O–H groups in total. The second-order valence-corrected chi connectivity index (χ2v) is 3.97. The lowest BCUT2D eigenvalue weighted by molar-refractivity contribution is 0.730. The largest absolute Gasteiger partial charge is 0.313 e. The van der Waals surface area contributed by atoms with Crippen molar-refractivity contribution in [1.82, 2.24) is 5.32 Å². The van der Waals surface area contributed by atoms with Gasteiger partial charge in [0.2, 0.25) is 0 Å². The van der Waals surface area contributed by atoms with E-state index in [1.165, 1.54) is 23.1 Å². The highest BCUT2D eigenvalue weighted by atomic mass is 14.8. The number of hydrogen-bond donors (Lipinski definition) is 1. The van der Waals surface area contributed by atoms with E-state index in [1.807, 2.05) is 0 Å². The Morgan fingerprint density at radius 3 is 2.73 bits per heavy atom. The Labute approximate surface area is 93.2 Å².